The molecule has 0 spiro atoms. The Morgan fingerprint density at radius 1 is 1.23 bits per heavy atom. The maximum Gasteiger partial charge on any atom is 0.324 e. The van der Waals surface area contributed by atoms with Gasteiger partial charge in [-0.3, -0.25) is 14.6 Å². The largest absolute Gasteiger partial charge is 0.403 e. The number of nitriles is 1. The lowest BCUT2D eigenvalue weighted by Gasteiger charge is -2.17. The van der Waals surface area contributed by atoms with E-state index >= 15 is 0 Å². The van der Waals surface area contributed by atoms with Crippen molar-refractivity contribution >= 4 is 22.7 Å². The van der Waals surface area contributed by atoms with Crippen molar-refractivity contribution in [3.05, 3.63) is 54.9 Å². The summed E-state index contributed by atoms with van der Waals surface area (Å²) in [5.41, 5.74) is 4.82. The minimum atomic E-state index is 0.0504. The van der Waals surface area contributed by atoms with Gasteiger partial charge in [-0.2, -0.15) is 10.4 Å². The summed E-state index contributed by atoms with van der Waals surface area (Å²) in [6, 6.07) is 8.03. The number of nitrogens with one attached hydrogen (secondary N) is 1. The Bertz CT molecular complexity index is 1420. The van der Waals surface area contributed by atoms with Gasteiger partial charge >= 0.3 is 6.01 Å². The van der Waals surface area contributed by atoms with Crippen LogP contribution >= 0.6 is 0 Å². The molecular weight excluding hydrogens is 394 g/mol. The molecule has 10 heteroatoms. The summed E-state index contributed by atoms with van der Waals surface area (Å²) in [5.74, 6) is 0.330. The van der Waals surface area contributed by atoms with Gasteiger partial charge in [-0.15, -0.1) is 5.10 Å². The quantitative estimate of drug-likeness (QED) is 0.436. The van der Waals surface area contributed by atoms with Crippen molar-refractivity contribution in [3.8, 4) is 28.7 Å². The fourth-order valence-corrected chi connectivity index (χ4v) is 3.43. The third-order valence-electron chi connectivity index (χ3n) is 4.94. The van der Waals surface area contributed by atoms with E-state index in [0.717, 1.165) is 33.5 Å². The second-order valence-corrected chi connectivity index (χ2v) is 6.97. The van der Waals surface area contributed by atoms with Gasteiger partial charge in [0.05, 0.1) is 29.2 Å². The average Bonchev–Trinajstić information content (AvgIpc) is 3.51. The Kier molecular flexibility index (Phi) is 4.41. The van der Waals surface area contributed by atoms with Crippen LogP contribution in [0.25, 0.3) is 33.6 Å². The number of aryl methyl sites for hydroxylation is 2. The van der Waals surface area contributed by atoms with Crippen LogP contribution in [0.15, 0.2) is 53.6 Å². The van der Waals surface area contributed by atoms with Crippen LogP contribution in [0.4, 0.5) is 11.7 Å². The third-order valence-corrected chi connectivity index (χ3v) is 4.94. The first-order valence-corrected chi connectivity index (χ1v) is 9.50. The lowest BCUT2D eigenvalue weighted by atomic mass is 10.1. The minimum absolute atomic E-state index is 0.0504. The van der Waals surface area contributed by atoms with Crippen LogP contribution in [0.3, 0.4) is 0 Å². The predicted molar refractivity (Wildman–Crippen MR) is 113 cm³/mol. The smallest absolute Gasteiger partial charge is 0.324 e. The summed E-state index contributed by atoms with van der Waals surface area (Å²) < 4.78 is 7.71. The first kappa shape index (κ1) is 18.5. The van der Waals surface area contributed by atoms with Crippen molar-refractivity contribution in [1.29, 1.82) is 5.26 Å². The predicted octanol–water partition coefficient (Wildman–Crippen LogP) is 3.38. The number of hydrogen-bond acceptors (Lipinski definition) is 8. The zero-order valence-electron chi connectivity index (χ0n) is 16.8. The van der Waals surface area contributed by atoms with E-state index in [0.29, 0.717) is 11.5 Å². The summed E-state index contributed by atoms with van der Waals surface area (Å²) in [7, 11) is 1.87. The topological polar surface area (TPSA) is 125 Å². The zero-order chi connectivity index (χ0) is 21.4. The van der Waals surface area contributed by atoms with Crippen molar-refractivity contribution in [1.82, 2.24) is 34.9 Å². The summed E-state index contributed by atoms with van der Waals surface area (Å²) in [6.07, 6.45) is 8.98. The molecule has 0 atom stereocenters. The summed E-state index contributed by atoms with van der Waals surface area (Å²) in [5, 5.41) is 22.8. The number of nitrogens with zero attached hydrogens (tertiary/aromatic N) is 8. The Morgan fingerprint density at radius 3 is 2.90 bits per heavy atom. The summed E-state index contributed by atoms with van der Waals surface area (Å²) in [4.78, 5) is 13.6. The minimum Gasteiger partial charge on any atom is -0.403 e. The molecule has 0 unspecified atom stereocenters. The van der Waals surface area contributed by atoms with Gasteiger partial charge in [0.1, 0.15) is 12.2 Å². The zero-order valence-corrected chi connectivity index (χ0v) is 16.8. The molecule has 0 radical (unpaired) electrons. The van der Waals surface area contributed by atoms with Crippen LogP contribution in [0.1, 0.15) is 5.69 Å². The molecule has 152 valence electrons. The fourth-order valence-electron chi connectivity index (χ4n) is 3.43. The molecule has 5 heterocycles. The standard InChI is InChI=1S/C21H17N9O/c1-13-18(4-3-6-23-13)30(7-5-22)21-28-27-20(31-21)17-11-25-19-16(17)8-14(9-24-19)15-10-26-29(2)12-15/h3-4,6,8-12H,7H2,1-2H3,(H,24,25). The van der Waals surface area contributed by atoms with E-state index in [1.807, 2.05) is 32.3 Å². The van der Waals surface area contributed by atoms with Crippen LogP contribution in [-0.4, -0.2) is 41.5 Å². The average molecular weight is 411 g/mol. The second-order valence-electron chi connectivity index (χ2n) is 6.97. The molecule has 5 rings (SSSR count). The molecule has 0 aliphatic carbocycles. The lowest BCUT2D eigenvalue weighted by Crippen LogP contribution is -2.18. The molecule has 1 N–H and O–H groups in total. The number of aromatic amines is 1. The molecule has 0 aliphatic heterocycles. The normalized spacial score (nSPS) is 11.0. The lowest BCUT2D eigenvalue weighted by molar-refractivity contribution is 0.568. The van der Waals surface area contributed by atoms with Crippen LogP contribution in [0.5, 0.6) is 0 Å². The van der Waals surface area contributed by atoms with Crippen LogP contribution in [0, 0.1) is 18.3 Å². The molecule has 0 fully saturated rings. The highest BCUT2D eigenvalue weighted by Gasteiger charge is 2.21. The highest BCUT2D eigenvalue weighted by Crippen LogP contribution is 2.33. The molecule has 0 saturated carbocycles. The molecular formula is C21H17N9O. The van der Waals surface area contributed by atoms with E-state index in [2.05, 4.69) is 36.3 Å². The van der Waals surface area contributed by atoms with Crippen molar-refractivity contribution in [2.24, 2.45) is 7.05 Å². The summed E-state index contributed by atoms with van der Waals surface area (Å²) >= 11 is 0. The Labute approximate surface area is 176 Å². The first-order chi connectivity index (χ1) is 15.1. The van der Waals surface area contributed by atoms with Crippen LogP contribution in [0.2, 0.25) is 0 Å². The number of aromatic nitrogens is 7. The van der Waals surface area contributed by atoms with E-state index in [9.17, 15) is 5.26 Å². The van der Waals surface area contributed by atoms with Gasteiger partial charge in [-0.25, -0.2) is 4.98 Å². The van der Waals surface area contributed by atoms with Crippen molar-refractivity contribution in [2.75, 3.05) is 11.4 Å². The van der Waals surface area contributed by atoms with E-state index in [1.165, 1.54) is 0 Å². The fraction of sp³-hybridized carbons (Fsp3) is 0.143. The maximum atomic E-state index is 9.30. The Balaban J connectivity index is 1.56. The number of H-pyrrole nitrogens is 1. The van der Waals surface area contributed by atoms with Crippen molar-refractivity contribution < 1.29 is 4.42 Å². The van der Waals surface area contributed by atoms with Gasteiger partial charge < -0.3 is 9.40 Å². The number of pyridine rings is 2. The number of fused-ring (bicyclic) bond motifs is 1. The molecule has 31 heavy (non-hydrogen) atoms. The van der Waals surface area contributed by atoms with Crippen molar-refractivity contribution in [3.63, 3.8) is 0 Å². The Morgan fingerprint density at radius 2 is 2.13 bits per heavy atom. The van der Waals surface area contributed by atoms with Crippen LogP contribution in [-0.2, 0) is 7.05 Å². The van der Waals surface area contributed by atoms with Crippen molar-refractivity contribution in [2.45, 2.75) is 6.92 Å². The molecule has 0 saturated heterocycles. The van der Waals surface area contributed by atoms with Crippen LogP contribution < -0.4 is 4.90 Å². The molecule has 5 aromatic heterocycles. The van der Waals surface area contributed by atoms with Gasteiger partial charge in [0.2, 0.25) is 0 Å². The van der Waals surface area contributed by atoms with Gasteiger partial charge in [0.25, 0.3) is 5.89 Å². The Hall–Kier alpha value is -4.52. The maximum absolute atomic E-state index is 9.30. The number of hydrogen-bond donors (Lipinski definition) is 1. The first-order valence-electron chi connectivity index (χ1n) is 9.50. The molecule has 0 amide bonds. The highest BCUT2D eigenvalue weighted by molar-refractivity contribution is 5.93. The molecule has 0 aromatic carbocycles. The molecule has 5 aromatic rings. The molecule has 0 aliphatic rings. The molecule has 0 bridgehead atoms. The van der Waals surface area contributed by atoms with E-state index < -0.39 is 0 Å². The van der Waals surface area contributed by atoms with E-state index in [1.54, 1.807) is 40.4 Å². The SMILES string of the molecule is Cc1ncccc1N(CC#N)c1nnc(-c2c[nH]c3ncc(-c4cnn(C)c4)cc23)o1. The number of rotatable bonds is 5. The van der Waals surface area contributed by atoms with Gasteiger partial charge in [-0.1, -0.05) is 5.10 Å². The van der Waals surface area contributed by atoms with E-state index in [-0.39, 0.29) is 12.6 Å². The van der Waals surface area contributed by atoms with Gasteiger partial charge in [0, 0.05) is 48.3 Å². The molecule has 10 nitrogen and oxygen atoms in total. The summed E-state index contributed by atoms with van der Waals surface area (Å²) in [6.45, 7) is 1.91. The van der Waals surface area contributed by atoms with E-state index in [4.69, 9.17) is 4.42 Å². The second kappa shape index (κ2) is 7.38. The van der Waals surface area contributed by atoms with Gasteiger partial charge in [0.15, 0.2) is 0 Å². The number of anilines is 2. The monoisotopic (exact) mass is 411 g/mol. The van der Waals surface area contributed by atoms with Gasteiger partial charge in [-0.05, 0) is 25.1 Å². The highest BCUT2D eigenvalue weighted by atomic mass is 16.4. The third kappa shape index (κ3) is 3.28.